The number of nitrogens with one attached hydrogen (secondary N) is 7. The number of alkyl carbamates (subject to hydrolysis) is 1. The lowest BCUT2D eigenvalue weighted by Crippen LogP contribution is -2.66. The van der Waals surface area contributed by atoms with E-state index in [1.165, 1.54) is 12.1 Å². The van der Waals surface area contributed by atoms with Crippen molar-refractivity contribution in [3.8, 4) is 5.75 Å². The zero-order valence-corrected chi connectivity index (χ0v) is 42.1. The first-order valence-electron chi connectivity index (χ1n) is 23.7. The van der Waals surface area contributed by atoms with Crippen LogP contribution in [0.4, 0.5) is 4.79 Å². The number of esters is 1. The van der Waals surface area contributed by atoms with E-state index in [4.69, 9.17) is 15.2 Å². The lowest BCUT2D eigenvalue weighted by Gasteiger charge is -2.38. The van der Waals surface area contributed by atoms with Crippen LogP contribution in [0.15, 0.2) is 54.6 Å². The Kier molecular flexibility index (Phi) is 21.2. The highest BCUT2D eigenvalue weighted by atomic mass is 16.6. The molecule has 0 bridgehead atoms. The number of hydrogen-bond donors (Lipinski definition) is 9. The Balaban J connectivity index is 2.00. The number of ether oxygens (including phenoxy) is 2. The number of carbonyl (C=O) groups is 9. The molecule has 70 heavy (non-hydrogen) atoms. The Bertz CT molecular complexity index is 2150. The number of nitrogens with two attached hydrogens (primary N) is 1. The number of phenols is 1. The molecule has 3 rings (SSSR count). The molecule has 1 fully saturated rings. The molecule has 1 saturated carbocycles. The largest absolute Gasteiger partial charge is 0.508 e. The third-order valence-electron chi connectivity index (χ3n) is 11.1. The highest BCUT2D eigenvalue weighted by molar-refractivity contribution is 5.99. The van der Waals surface area contributed by atoms with Gasteiger partial charge in [0.1, 0.15) is 52.7 Å². The molecule has 1 aliphatic carbocycles. The molecule has 0 radical (unpaired) electrons. The van der Waals surface area contributed by atoms with Gasteiger partial charge in [0.25, 0.3) is 0 Å². The Morgan fingerprint density at radius 3 is 1.63 bits per heavy atom. The van der Waals surface area contributed by atoms with Crippen LogP contribution in [-0.4, -0.2) is 112 Å². The SMILES string of the molecule is CC(C)[C@H](NC(=O)[C@H](CC(=O)OC(C)(C)C)NC(=O)[C@H](Cc1ccccc1)NC(=O)C1(NC(=O)[C@H](Cc2ccc(O)cc2)NC(=O)OC(C)(C)C)CCCCC1)C(=O)N[C@H](C(=O)NCC(N)=O)C(C)C. The molecule has 10 N–H and O–H groups in total. The van der Waals surface area contributed by atoms with Gasteiger partial charge in [-0.1, -0.05) is 89.4 Å². The van der Waals surface area contributed by atoms with Crippen LogP contribution < -0.4 is 43.0 Å². The molecular formula is C50H74N8O12. The Morgan fingerprint density at radius 1 is 0.600 bits per heavy atom. The second kappa shape index (κ2) is 25.8. The molecule has 0 spiro atoms. The highest BCUT2D eigenvalue weighted by Crippen LogP contribution is 2.29. The van der Waals surface area contributed by atoms with E-state index in [1.54, 1.807) is 112 Å². The fourth-order valence-electron chi connectivity index (χ4n) is 7.65. The van der Waals surface area contributed by atoms with E-state index in [-0.39, 0.29) is 31.4 Å². The summed E-state index contributed by atoms with van der Waals surface area (Å²) in [5, 5.41) is 28.5. The number of primary amides is 1. The van der Waals surface area contributed by atoms with Gasteiger partial charge in [-0.3, -0.25) is 38.4 Å². The third kappa shape index (κ3) is 19.3. The average Bonchev–Trinajstić information content (AvgIpc) is 3.25. The molecule has 2 aromatic rings. The zero-order chi connectivity index (χ0) is 52.6. The van der Waals surface area contributed by atoms with E-state index in [0.717, 1.165) is 6.42 Å². The van der Waals surface area contributed by atoms with Crippen LogP contribution >= 0.6 is 0 Å². The number of rotatable bonds is 22. The number of amides is 8. The zero-order valence-electron chi connectivity index (χ0n) is 42.1. The minimum Gasteiger partial charge on any atom is -0.508 e. The summed E-state index contributed by atoms with van der Waals surface area (Å²) in [4.78, 5) is 123. The lowest BCUT2D eigenvalue weighted by molar-refractivity contribution is -0.156. The van der Waals surface area contributed by atoms with E-state index in [2.05, 4.69) is 37.2 Å². The molecule has 1 aliphatic rings. The maximum Gasteiger partial charge on any atom is 0.408 e. The van der Waals surface area contributed by atoms with E-state index in [0.29, 0.717) is 24.0 Å². The van der Waals surface area contributed by atoms with Crippen molar-refractivity contribution in [2.75, 3.05) is 6.54 Å². The van der Waals surface area contributed by atoms with Crippen molar-refractivity contribution in [3.05, 3.63) is 65.7 Å². The molecule has 0 saturated heterocycles. The van der Waals surface area contributed by atoms with Crippen molar-refractivity contribution in [1.82, 2.24) is 37.2 Å². The number of carbonyl (C=O) groups excluding carboxylic acids is 9. The standard InChI is InChI=1S/C50H74N8O12/c1-29(2)39(44(65)52-28-37(51)60)57-45(66)40(30(3)4)56-42(63)36(27-38(61)69-48(5,6)7)53-41(62)34(25-31-17-13-11-14-18-31)54-46(67)50(23-15-12-16-24-50)58-43(64)35(55-47(68)70-49(8,9)10)26-32-19-21-33(59)22-20-32/h11,13-14,17-22,29-30,34-36,39-40,59H,12,15-16,23-28H2,1-10H3,(H2,51,60)(H,52,65)(H,53,62)(H,54,67)(H,55,68)(H,56,63)(H,57,66)(H,58,64)/t34-,35-,36-,39-,40-/m0/s1. The first kappa shape index (κ1) is 57.6. The van der Waals surface area contributed by atoms with Crippen LogP contribution in [0.25, 0.3) is 0 Å². The molecule has 0 unspecified atom stereocenters. The second-order valence-corrected chi connectivity index (χ2v) is 20.4. The van der Waals surface area contributed by atoms with E-state index in [1.807, 2.05) is 0 Å². The normalized spacial score (nSPS) is 15.7. The Hall–Kier alpha value is -6.73. The van der Waals surface area contributed by atoms with Gasteiger partial charge in [0, 0.05) is 12.8 Å². The minimum absolute atomic E-state index is 0.00120. The van der Waals surface area contributed by atoms with Crippen LogP contribution in [-0.2, 0) is 60.7 Å². The predicted octanol–water partition coefficient (Wildman–Crippen LogP) is 2.47. The number of phenolic OH excluding ortho intramolecular Hbond substituents is 1. The summed E-state index contributed by atoms with van der Waals surface area (Å²) in [6.45, 7) is 16.0. The first-order chi connectivity index (χ1) is 32.6. The molecule has 20 heteroatoms. The third-order valence-corrected chi connectivity index (χ3v) is 11.1. The molecule has 0 aliphatic heterocycles. The van der Waals surface area contributed by atoms with Gasteiger partial charge in [-0.2, -0.15) is 0 Å². The summed E-state index contributed by atoms with van der Waals surface area (Å²) in [7, 11) is 0. The van der Waals surface area contributed by atoms with Crippen molar-refractivity contribution in [1.29, 1.82) is 0 Å². The quantitative estimate of drug-likeness (QED) is 0.0770. The predicted molar refractivity (Wildman–Crippen MR) is 259 cm³/mol. The van der Waals surface area contributed by atoms with Crippen LogP contribution in [0, 0.1) is 11.8 Å². The van der Waals surface area contributed by atoms with Crippen molar-refractivity contribution in [2.24, 2.45) is 17.6 Å². The number of benzene rings is 2. The van der Waals surface area contributed by atoms with Gasteiger partial charge < -0.3 is 57.5 Å². The summed E-state index contributed by atoms with van der Waals surface area (Å²) in [5.74, 6) is -7.40. The second-order valence-electron chi connectivity index (χ2n) is 20.4. The van der Waals surface area contributed by atoms with E-state index >= 15 is 0 Å². The maximum absolute atomic E-state index is 14.8. The van der Waals surface area contributed by atoms with Gasteiger partial charge >= 0.3 is 12.1 Å². The van der Waals surface area contributed by atoms with E-state index in [9.17, 15) is 48.3 Å². The fraction of sp³-hybridized carbons (Fsp3) is 0.580. The first-order valence-corrected chi connectivity index (χ1v) is 23.7. The topological polar surface area (TPSA) is 303 Å². The molecule has 2 aromatic carbocycles. The monoisotopic (exact) mass is 979 g/mol. The summed E-state index contributed by atoms with van der Waals surface area (Å²) >= 11 is 0. The fourth-order valence-corrected chi connectivity index (χ4v) is 7.65. The van der Waals surface area contributed by atoms with Crippen molar-refractivity contribution in [3.63, 3.8) is 0 Å². The minimum atomic E-state index is -1.66. The van der Waals surface area contributed by atoms with Crippen LogP contribution in [0.3, 0.4) is 0 Å². The van der Waals surface area contributed by atoms with Crippen LogP contribution in [0.5, 0.6) is 5.75 Å². The summed E-state index contributed by atoms with van der Waals surface area (Å²) in [6.07, 6.45) is 0.473. The smallest absolute Gasteiger partial charge is 0.408 e. The van der Waals surface area contributed by atoms with Crippen molar-refractivity contribution in [2.45, 2.75) is 168 Å². The van der Waals surface area contributed by atoms with Crippen LogP contribution in [0.2, 0.25) is 0 Å². The highest BCUT2D eigenvalue weighted by Gasteiger charge is 2.44. The lowest BCUT2D eigenvalue weighted by atomic mass is 9.80. The van der Waals surface area contributed by atoms with Crippen molar-refractivity contribution < 1.29 is 57.7 Å². The molecule has 386 valence electrons. The van der Waals surface area contributed by atoms with E-state index < -0.39 is 125 Å². The van der Waals surface area contributed by atoms with Gasteiger partial charge in [-0.25, -0.2) is 4.79 Å². The summed E-state index contributed by atoms with van der Waals surface area (Å²) in [5.41, 5.74) is 2.94. The van der Waals surface area contributed by atoms with Gasteiger partial charge in [0.2, 0.25) is 41.4 Å². The molecular weight excluding hydrogens is 905 g/mol. The Labute approximate surface area is 410 Å². The maximum atomic E-state index is 14.8. The molecule has 0 aromatic heterocycles. The van der Waals surface area contributed by atoms with Gasteiger partial charge in [-0.15, -0.1) is 0 Å². The van der Waals surface area contributed by atoms with Crippen LogP contribution in [0.1, 0.15) is 119 Å². The molecule has 5 atom stereocenters. The van der Waals surface area contributed by atoms with Gasteiger partial charge in [0.05, 0.1) is 13.0 Å². The van der Waals surface area contributed by atoms with Gasteiger partial charge in [0.15, 0.2) is 0 Å². The van der Waals surface area contributed by atoms with Gasteiger partial charge in [-0.05, 0) is 89.5 Å². The number of aromatic hydroxyl groups is 1. The van der Waals surface area contributed by atoms with Crippen molar-refractivity contribution >= 4 is 53.4 Å². The Morgan fingerprint density at radius 2 is 1.10 bits per heavy atom. The molecule has 8 amide bonds. The summed E-state index contributed by atoms with van der Waals surface area (Å²) in [6, 6.07) is 8.04. The average molecular weight is 979 g/mol. The summed E-state index contributed by atoms with van der Waals surface area (Å²) < 4.78 is 11.0. The molecule has 0 heterocycles. The molecule has 20 nitrogen and oxygen atoms in total. The number of hydrogen-bond acceptors (Lipinski definition) is 12.